The summed E-state index contributed by atoms with van der Waals surface area (Å²) in [6.45, 7) is 10.5. The predicted octanol–water partition coefficient (Wildman–Crippen LogP) is 6.17. The van der Waals surface area contributed by atoms with Crippen LogP contribution in [0.1, 0.15) is 75.6 Å². The highest BCUT2D eigenvalue weighted by Crippen LogP contribution is 2.35. The monoisotopic (exact) mass is 339 g/mol. The average molecular weight is 339 g/mol. The molecule has 1 N–H and O–H groups in total. The summed E-state index contributed by atoms with van der Waals surface area (Å²) in [4.78, 5) is 12.5. The van der Waals surface area contributed by atoms with Crippen molar-refractivity contribution in [3.63, 3.8) is 0 Å². The lowest BCUT2D eigenvalue weighted by Crippen LogP contribution is -2.30. The van der Waals surface area contributed by atoms with Crippen molar-refractivity contribution in [3.05, 3.63) is 65.2 Å². The summed E-state index contributed by atoms with van der Waals surface area (Å²) < 4.78 is 5.80. The molecule has 0 aliphatic heterocycles. The maximum atomic E-state index is 12.5. The number of amides is 1. The third kappa shape index (κ3) is 4.85. The van der Waals surface area contributed by atoms with E-state index < -0.39 is 6.09 Å². The first-order chi connectivity index (χ1) is 11.9. The zero-order valence-electron chi connectivity index (χ0n) is 15.9. The second kappa shape index (κ2) is 8.70. The molecule has 0 fully saturated rings. The Morgan fingerprint density at radius 3 is 2.20 bits per heavy atom. The number of nitrogens with one attached hydrogen (secondary N) is 1. The molecule has 0 heterocycles. The number of benzene rings is 2. The van der Waals surface area contributed by atoms with Gasteiger partial charge in [-0.15, -0.1) is 0 Å². The summed E-state index contributed by atoms with van der Waals surface area (Å²) in [5.41, 5.74) is 3.22. The highest BCUT2D eigenvalue weighted by atomic mass is 16.6. The molecular formula is C22H29NO2. The van der Waals surface area contributed by atoms with E-state index in [-0.39, 0.29) is 6.04 Å². The van der Waals surface area contributed by atoms with Crippen molar-refractivity contribution in [1.29, 1.82) is 0 Å². The van der Waals surface area contributed by atoms with E-state index >= 15 is 0 Å². The van der Waals surface area contributed by atoms with Gasteiger partial charge in [-0.3, -0.25) is 0 Å². The Morgan fingerprint density at radius 2 is 1.60 bits per heavy atom. The van der Waals surface area contributed by atoms with Crippen molar-refractivity contribution in [2.75, 3.05) is 0 Å². The number of hydrogen-bond acceptors (Lipinski definition) is 2. The third-order valence-electron chi connectivity index (χ3n) is 4.67. The number of hydrogen-bond donors (Lipinski definition) is 1. The minimum Gasteiger partial charge on any atom is -0.410 e. The van der Waals surface area contributed by atoms with Gasteiger partial charge in [0.15, 0.2) is 0 Å². The van der Waals surface area contributed by atoms with Crippen LogP contribution in [0.4, 0.5) is 4.79 Å². The lowest BCUT2D eigenvalue weighted by atomic mass is 9.92. The minimum atomic E-state index is -0.408. The Bertz CT molecular complexity index is 694. The van der Waals surface area contributed by atoms with E-state index in [1.54, 1.807) is 0 Å². The summed E-state index contributed by atoms with van der Waals surface area (Å²) in [7, 11) is 0. The van der Waals surface area contributed by atoms with Gasteiger partial charge in [0.25, 0.3) is 0 Å². The fourth-order valence-electron chi connectivity index (χ4n) is 2.88. The second-order valence-electron chi connectivity index (χ2n) is 6.90. The van der Waals surface area contributed by atoms with Gasteiger partial charge in [-0.05, 0) is 41.9 Å². The molecule has 0 aromatic heterocycles. The van der Waals surface area contributed by atoms with E-state index in [0.29, 0.717) is 17.6 Å². The maximum Gasteiger partial charge on any atom is 0.413 e. The summed E-state index contributed by atoms with van der Waals surface area (Å²) in [5, 5.41) is 2.93. The van der Waals surface area contributed by atoms with Crippen LogP contribution < -0.4 is 10.1 Å². The zero-order valence-corrected chi connectivity index (χ0v) is 15.9. The van der Waals surface area contributed by atoms with Crippen LogP contribution in [0.5, 0.6) is 5.75 Å². The topological polar surface area (TPSA) is 38.3 Å². The third-order valence-corrected chi connectivity index (χ3v) is 4.67. The van der Waals surface area contributed by atoms with Crippen molar-refractivity contribution >= 4 is 6.09 Å². The van der Waals surface area contributed by atoms with Crippen LogP contribution in [-0.4, -0.2) is 6.09 Å². The molecule has 2 rings (SSSR count). The van der Waals surface area contributed by atoms with E-state index in [9.17, 15) is 4.79 Å². The molecule has 0 saturated carbocycles. The summed E-state index contributed by atoms with van der Waals surface area (Å²) in [6, 6.07) is 15.9. The van der Waals surface area contributed by atoms with Crippen LogP contribution >= 0.6 is 0 Å². The van der Waals surface area contributed by atoms with Gasteiger partial charge in [0, 0.05) is 0 Å². The fourth-order valence-corrected chi connectivity index (χ4v) is 2.88. The molecular weight excluding hydrogens is 310 g/mol. The molecule has 0 aliphatic rings. The molecule has 0 aliphatic carbocycles. The van der Waals surface area contributed by atoms with Gasteiger partial charge in [0.1, 0.15) is 5.75 Å². The molecule has 3 heteroatoms. The molecule has 2 unspecified atom stereocenters. The van der Waals surface area contributed by atoms with Gasteiger partial charge in [-0.25, -0.2) is 4.79 Å². The van der Waals surface area contributed by atoms with E-state index in [1.165, 1.54) is 0 Å². The maximum absolute atomic E-state index is 12.5. The van der Waals surface area contributed by atoms with E-state index in [4.69, 9.17) is 4.74 Å². The van der Waals surface area contributed by atoms with Crippen LogP contribution in [0.15, 0.2) is 48.5 Å². The quantitative estimate of drug-likeness (QED) is 0.683. The van der Waals surface area contributed by atoms with Gasteiger partial charge in [-0.1, -0.05) is 76.2 Å². The van der Waals surface area contributed by atoms with Crippen molar-refractivity contribution in [2.45, 2.75) is 58.9 Å². The van der Waals surface area contributed by atoms with Crippen molar-refractivity contribution in [1.82, 2.24) is 5.32 Å². The first kappa shape index (κ1) is 19.0. The Kier molecular flexibility index (Phi) is 6.63. The van der Waals surface area contributed by atoms with Crippen LogP contribution in [0.3, 0.4) is 0 Å². The first-order valence-corrected chi connectivity index (χ1v) is 9.10. The van der Waals surface area contributed by atoms with Crippen LogP contribution in [0, 0.1) is 0 Å². The Balaban J connectivity index is 2.21. The zero-order chi connectivity index (χ0) is 18.4. The molecule has 0 saturated heterocycles. The lowest BCUT2D eigenvalue weighted by Gasteiger charge is -2.21. The summed E-state index contributed by atoms with van der Waals surface area (Å²) in [5.74, 6) is 1.34. The SMILES string of the molecule is CCC(C)c1cccc(C(C)C)c1OC(=O)NC(C)c1ccccc1. The predicted molar refractivity (Wildman–Crippen MR) is 103 cm³/mol. The molecule has 134 valence electrons. The van der Waals surface area contributed by atoms with E-state index in [1.807, 2.05) is 49.4 Å². The molecule has 0 radical (unpaired) electrons. The van der Waals surface area contributed by atoms with Gasteiger partial charge < -0.3 is 10.1 Å². The Hall–Kier alpha value is -2.29. The smallest absolute Gasteiger partial charge is 0.410 e. The largest absolute Gasteiger partial charge is 0.413 e. The van der Waals surface area contributed by atoms with Gasteiger partial charge >= 0.3 is 6.09 Å². The van der Waals surface area contributed by atoms with Crippen molar-refractivity contribution < 1.29 is 9.53 Å². The fraction of sp³-hybridized carbons (Fsp3) is 0.409. The molecule has 1 amide bonds. The van der Waals surface area contributed by atoms with Gasteiger partial charge in [0.05, 0.1) is 6.04 Å². The molecule has 2 aromatic carbocycles. The standard InChI is InChI=1S/C22H29NO2/c1-6-16(4)20-14-10-13-19(15(2)3)21(20)25-22(24)23-17(5)18-11-8-7-9-12-18/h7-17H,6H2,1-5H3,(H,23,24). The highest BCUT2D eigenvalue weighted by Gasteiger charge is 2.20. The number of carbonyl (C=O) groups excluding carboxylic acids is 1. The minimum absolute atomic E-state index is 0.105. The van der Waals surface area contributed by atoms with Crippen LogP contribution in [0.2, 0.25) is 0 Å². The Morgan fingerprint density at radius 1 is 0.960 bits per heavy atom. The van der Waals surface area contributed by atoms with Crippen molar-refractivity contribution in [2.24, 2.45) is 0 Å². The van der Waals surface area contributed by atoms with Gasteiger partial charge in [0.2, 0.25) is 0 Å². The van der Waals surface area contributed by atoms with E-state index in [0.717, 1.165) is 23.1 Å². The highest BCUT2D eigenvalue weighted by molar-refractivity contribution is 5.72. The lowest BCUT2D eigenvalue weighted by molar-refractivity contribution is 0.195. The molecule has 3 nitrogen and oxygen atoms in total. The first-order valence-electron chi connectivity index (χ1n) is 9.10. The molecule has 25 heavy (non-hydrogen) atoms. The number of ether oxygens (including phenoxy) is 1. The van der Waals surface area contributed by atoms with Crippen LogP contribution in [0.25, 0.3) is 0 Å². The number of carbonyl (C=O) groups is 1. The normalized spacial score (nSPS) is 13.4. The van der Waals surface area contributed by atoms with Crippen molar-refractivity contribution in [3.8, 4) is 5.75 Å². The Labute approximate surface area is 151 Å². The summed E-state index contributed by atoms with van der Waals surface area (Å²) >= 11 is 0. The molecule has 0 spiro atoms. The van der Waals surface area contributed by atoms with E-state index in [2.05, 4.69) is 39.1 Å². The second-order valence-corrected chi connectivity index (χ2v) is 6.90. The molecule has 2 atom stereocenters. The summed E-state index contributed by atoms with van der Waals surface area (Å²) in [6.07, 6.45) is 0.592. The number of para-hydroxylation sites is 1. The number of rotatable bonds is 6. The molecule has 0 bridgehead atoms. The average Bonchev–Trinajstić information content (AvgIpc) is 2.61. The van der Waals surface area contributed by atoms with Gasteiger partial charge in [-0.2, -0.15) is 0 Å². The van der Waals surface area contributed by atoms with Crippen LogP contribution in [-0.2, 0) is 0 Å². The molecule has 2 aromatic rings.